The first-order valence-corrected chi connectivity index (χ1v) is 3.47. The van der Waals surface area contributed by atoms with Crippen LogP contribution in [0.15, 0.2) is 18.2 Å². The van der Waals surface area contributed by atoms with Gasteiger partial charge in [-0.1, -0.05) is 32.1 Å². The normalized spacial score (nSPS) is 23.8. The highest BCUT2D eigenvalue weighted by molar-refractivity contribution is 5.06. The monoisotopic (exact) mass is 121 g/mol. The highest BCUT2D eigenvalue weighted by Gasteiger charge is 2.13. The summed E-state index contributed by atoms with van der Waals surface area (Å²) in [5, 5.41) is 0. The zero-order valence-corrected chi connectivity index (χ0v) is 6.15. The lowest BCUT2D eigenvalue weighted by atomic mass is 9.89. The molecule has 0 aromatic heterocycles. The molecule has 1 rings (SSSR count). The largest absolute Gasteiger partial charge is 0.0845 e. The molecule has 0 aromatic rings. The predicted molar refractivity (Wildman–Crippen MR) is 40.0 cm³/mol. The van der Waals surface area contributed by atoms with E-state index in [4.69, 9.17) is 0 Å². The third-order valence-corrected chi connectivity index (χ3v) is 1.64. The molecule has 0 atom stereocenters. The molecule has 0 bridgehead atoms. The van der Waals surface area contributed by atoms with Gasteiger partial charge in [-0.3, -0.25) is 0 Å². The van der Waals surface area contributed by atoms with Crippen molar-refractivity contribution in [3.8, 4) is 0 Å². The zero-order valence-electron chi connectivity index (χ0n) is 6.15. The van der Waals surface area contributed by atoms with E-state index in [1.807, 2.05) is 6.08 Å². The van der Waals surface area contributed by atoms with Crippen molar-refractivity contribution >= 4 is 0 Å². The van der Waals surface area contributed by atoms with Crippen molar-refractivity contribution in [3.63, 3.8) is 0 Å². The molecule has 49 valence electrons. The van der Waals surface area contributed by atoms with Gasteiger partial charge in [-0.15, -0.1) is 0 Å². The van der Waals surface area contributed by atoms with Gasteiger partial charge in [0.25, 0.3) is 0 Å². The van der Waals surface area contributed by atoms with Crippen LogP contribution in [-0.2, 0) is 0 Å². The molecular formula is C9H13. The Balaban J connectivity index is 2.62. The van der Waals surface area contributed by atoms with Crippen molar-refractivity contribution in [2.75, 3.05) is 0 Å². The summed E-state index contributed by atoms with van der Waals surface area (Å²) in [4.78, 5) is 0. The van der Waals surface area contributed by atoms with Gasteiger partial charge in [0.2, 0.25) is 0 Å². The molecule has 0 aromatic carbocycles. The summed E-state index contributed by atoms with van der Waals surface area (Å²) in [5.74, 6) is 0. The summed E-state index contributed by atoms with van der Waals surface area (Å²) in [7, 11) is 0. The van der Waals surface area contributed by atoms with Crippen LogP contribution in [0, 0.1) is 11.5 Å². The highest BCUT2D eigenvalue weighted by Crippen LogP contribution is 2.24. The number of hydrogen-bond donors (Lipinski definition) is 0. The van der Waals surface area contributed by atoms with Crippen molar-refractivity contribution in [2.24, 2.45) is 5.41 Å². The maximum Gasteiger partial charge on any atom is -0.00977 e. The summed E-state index contributed by atoms with van der Waals surface area (Å²) in [5.41, 5.74) is 0.295. The molecule has 0 nitrogen and oxygen atoms in total. The molecule has 0 heterocycles. The summed E-state index contributed by atoms with van der Waals surface area (Å²) in [6.45, 7) is 4.44. The molecule has 1 aliphatic rings. The van der Waals surface area contributed by atoms with Crippen LogP contribution in [0.3, 0.4) is 0 Å². The van der Waals surface area contributed by atoms with E-state index in [0.717, 1.165) is 0 Å². The minimum absolute atomic E-state index is 0.295. The number of hydrogen-bond acceptors (Lipinski definition) is 0. The second kappa shape index (κ2) is 2.38. The lowest BCUT2D eigenvalue weighted by molar-refractivity contribution is 0.429. The quantitative estimate of drug-likeness (QED) is 0.462. The molecule has 0 saturated heterocycles. The van der Waals surface area contributed by atoms with Crippen LogP contribution in [0.2, 0.25) is 0 Å². The van der Waals surface area contributed by atoms with E-state index >= 15 is 0 Å². The fraction of sp³-hybridized carbons (Fsp3) is 0.556. The molecule has 0 aliphatic heterocycles. The molecule has 1 radical (unpaired) electrons. The molecule has 0 saturated carbocycles. The highest BCUT2D eigenvalue weighted by atomic mass is 14.2. The Morgan fingerprint density at radius 2 is 2.22 bits per heavy atom. The molecule has 0 heteroatoms. The third-order valence-electron chi connectivity index (χ3n) is 1.64. The van der Waals surface area contributed by atoms with Gasteiger partial charge >= 0.3 is 0 Å². The van der Waals surface area contributed by atoms with Gasteiger partial charge < -0.3 is 0 Å². The van der Waals surface area contributed by atoms with Gasteiger partial charge in [0.15, 0.2) is 0 Å². The first-order chi connectivity index (χ1) is 4.21. The Morgan fingerprint density at radius 3 is 3.00 bits per heavy atom. The topological polar surface area (TPSA) is 0 Å². The van der Waals surface area contributed by atoms with E-state index in [2.05, 4.69) is 32.1 Å². The molecule has 1 aliphatic carbocycles. The fourth-order valence-corrected chi connectivity index (χ4v) is 0.954. The lowest BCUT2D eigenvalue weighted by Gasteiger charge is -2.16. The zero-order chi connectivity index (χ0) is 6.74. The third kappa shape index (κ3) is 2.05. The van der Waals surface area contributed by atoms with Crippen molar-refractivity contribution in [1.29, 1.82) is 0 Å². The Morgan fingerprint density at radius 1 is 1.44 bits per heavy atom. The van der Waals surface area contributed by atoms with Crippen LogP contribution in [0.25, 0.3) is 0 Å². The van der Waals surface area contributed by atoms with Crippen LogP contribution >= 0.6 is 0 Å². The van der Waals surface area contributed by atoms with Gasteiger partial charge in [-0.25, -0.2) is 0 Å². The van der Waals surface area contributed by atoms with E-state index < -0.39 is 0 Å². The second-order valence-electron chi connectivity index (χ2n) is 3.16. The van der Waals surface area contributed by atoms with Crippen LogP contribution in [0.1, 0.15) is 26.7 Å². The fourth-order valence-electron chi connectivity index (χ4n) is 0.954. The molecule has 9 heavy (non-hydrogen) atoms. The van der Waals surface area contributed by atoms with E-state index in [1.54, 1.807) is 0 Å². The Bertz CT molecular complexity index is 138. The average molecular weight is 121 g/mol. The average Bonchev–Trinajstić information content (AvgIpc) is 1.92. The maximum absolute atomic E-state index is 3.31. The summed E-state index contributed by atoms with van der Waals surface area (Å²) in [6.07, 6.45) is 12.0. The number of rotatable bonds is 0. The van der Waals surface area contributed by atoms with Crippen molar-refractivity contribution in [1.82, 2.24) is 0 Å². The van der Waals surface area contributed by atoms with E-state index in [0.29, 0.717) is 5.41 Å². The maximum atomic E-state index is 3.31. The molecule has 0 amide bonds. The molecule has 0 N–H and O–H groups in total. The smallest absolute Gasteiger partial charge is 0.00977 e. The van der Waals surface area contributed by atoms with Gasteiger partial charge in [-0.2, -0.15) is 0 Å². The number of allylic oxidation sites excluding steroid dienone is 4. The van der Waals surface area contributed by atoms with Gasteiger partial charge in [0.1, 0.15) is 0 Å². The Labute approximate surface area is 57.3 Å². The van der Waals surface area contributed by atoms with Crippen molar-refractivity contribution in [3.05, 3.63) is 24.3 Å². The summed E-state index contributed by atoms with van der Waals surface area (Å²) < 4.78 is 0. The minimum Gasteiger partial charge on any atom is -0.0845 e. The van der Waals surface area contributed by atoms with Crippen LogP contribution in [0.5, 0.6) is 0 Å². The molecule has 0 unspecified atom stereocenters. The van der Waals surface area contributed by atoms with Crippen molar-refractivity contribution in [2.45, 2.75) is 26.7 Å². The molecule has 0 fully saturated rings. The summed E-state index contributed by atoms with van der Waals surface area (Å²) >= 11 is 0. The predicted octanol–water partition coefficient (Wildman–Crippen LogP) is 2.72. The first-order valence-electron chi connectivity index (χ1n) is 3.47. The van der Waals surface area contributed by atoms with Crippen LogP contribution in [0.4, 0.5) is 0 Å². The van der Waals surface area contributed by atoms with Crippen LogP contribution in [-0.4, -0.2) is 0 Å². The molecule has 0 spiro atoms. The molecular weight excluding hydrogens is 108 g/mol. The SMILES string of the molecule is CC1(C)[C]=CC=CCC1. The Kier molecular flexibility index (Phi) is 1.75. The van der Waals surface area contributed by atoms with Crippen LogP contribution < -0.4 is 0 Å². The Hall–Kier alpha value is -0.520. The second-order valence-corrected chi connectivity index (χ2v) is 3.16. The lowest BCUT2D eigenvalue weighted by Crippen LogP contribution is -2.05. The van der Waals surface area contributed by atoms with Gasteiger partial charge in [0.05, 0.1) is 0 Å². The first kappa shape index (κ1) is 6.60. The minimum atomic E-state index is 0.295. The van der Waals surface area contributed by atoms with Gasteiger partial charge in [-0.05, 0) is 24.3 Å². The summed E-state index contributed by atoms with van der Waals surface area (Å²) in [6, 6.07) is 0. The van der Waals surface area contributed by atoms with E-state index in [1.165, 1.54) is 12.8 Å². The standard InChI is InChI=1S/C9H13/c1-9(2)7-5-3-4-6-8-9/h3-5H,6,8H2,1-2H3. The van der Waals surface area contributed by atoms with E-state index in [-0.39, 0.29) is 0 Å². The van der Waals surface area contributed by atoms with E-state index in [9.17, 15) is 0 Å². The van der Waals surface area contributed by atoms with Gasteiger partial charge in [0, 0.05) is 0 Å². The van der Waals surface area contributed by atoms with Crippen molar-refractivity contribution < 1.29 is 0 Å².